The van der Waals surface area contributed by atoms with E-state index >= 15 is 0 Å². The molecule has 0 radical (unpaired) electrons. The van der Waals surface area contributed by atoms with Gasteiger partial charge < -0.3 is 10.5 Å². The van der Waals surface area contributed by atoms with Crippen molar-refractivity contribution in [3.05, 3.63) is 16.8 Å². The summed E-state index contributed by atoms with van der Waals surface area (Å²) >= 11 is 0. The van der Waals surface area contributed by atoms with Gasteiger partial charge in [-0.2, -0.15) is 10.4 Å². The maximum atomic E-state index is 9.13. The Balaban J connectivity index is 2.22. The largest absolute Gasteiger partial charge is 0.472 e. The molecule has 0 bridgehead atoms. The summed E-state index contributed by atoms with van der Waals surface area (Å²) in [4.78, 5) is 0. The molecule has 1 aromatic rings. The van der Waals surface area contributed by atoms with E-state index in [-0.39, 0.29) is 12.1 Å². The summed E-state index contributed by atoms with van der Waals surface area (Å²) in [5.41, 5.74) is 7.90. The maximum absolute atomic E-state index is 9.13. The van der Waals surface area contributed by atoms with Gasteiger partial charge in [0.2, 0.25) is 0 Å². The molecule has 17 heavy (non-hydrogen) atoms. The predicted octanol–water partition coefficient (Wildman–Crippen LogP) is 1.22. The first-order valence-electron chi connectivity index (χ1n) is 5.78. The fourth-order valence-corrected chi connectivity index (χ4v) is 2.04. The van der Waals surface area contributed by atoms with Crippen LogP contribution in [0.25, 0.3) is 0 Å². The average Bonchev–Trinajstić information content (AvgIpc) is 2.70. The SMILES string of the molecule is Cc1nnc(OC2CCC(N)C2)c(C#N)c1C. The summed E-state index contributed by atoms with van der Waals surface area (Å²) < 4.78 is 5.73. The van der Waals surface area contributed by atoms with Crippen molar-refractivity contribution in [3.8, 4) is 11.9 Å². The van der Waals surface area contributed by atoms with Gasteiger partial charge in [-0.05, 0) is 38.7 Å². The Hall–Kier alpha value is -1.67. The summed E-state index contributed by atoms with van der Waals surface area (Å²) in [6.07, 6.45) is 2.76. The molecule has 2 atom stereocenters. The second kappa shape index (κ2) is 4.68. The Morgan fingerprint density at radius 1 is 1.35 bits per heavy atom. The van der Waals surface area contributed by atoms with Crippen LogP contribution in [0.1, 0.15) is 36.1 Å². The van der Waals surface area contributed by atoms with Gasteiger partial charge >= 0.3 is 0 Å². The second-order valence-electron chi connectivity index (χ2n) is 4.52. The number of rotatable bonds is 2. The van der Waals surface area contributed by atoms with E-state index in [0.717, 1.165) is 30.5 Å². The van der Waals surface area contributed by atoms with Crippen LogP contribution in [0.5, 0.6) is 5.88 Å². The molecular weight excluding hydrogens is 216 g/mol. The lowest BCUT2D eigenvalue weighted by Gasteiger charge is -2.14. The summed E-state index contributed by atoms with van der Waals surface area (Å²) in [5.74, 6) is 0.342. The third-order valence-corrected chi connectivity index (χ3v) is 3.24. The Kier molecular flexibility index (Phi) is 3.25. The lowest BCUT2D eigenvalue weighted by atomic mass is 10.1. The van der Waals surface area contributed by atoms with Gasteiger partial charge in [0.15, 0.2) is 0 Å². The highest BCUT2D eigenvalue weighted by atomic mass is 16.5. The molecule has 1 aromatic heterocycles. The zero-order valence-electron chi connectivity index (χ0n) is 10.1. The van der Waals surface area contributed by atoms with Crippen LogP contribution in [0.15, 0.2) is 0 Å². The number of nitrogens with two attached hydrogens (primary N) is 1. The first-order valence-corrected chi connectivity index (χ1v) is 5.78. The predicted molar refractivity (Wildman–Crippen MR) is 62.5 cm³/mol. The van der Waals surface area contributed by atoms with E-state index < -0.39 is 0 Å². The van der Waals surface area contributed by atoms with E-state index in [2.05, 4.69) is 16.3 Å². The van der Waals surface area contributed by atoms with Gasteiger partial charge in [-0.15, -0.1) is 5.10 Å². The molecule has 1 saturated carbocycles. The summed E-state index contributed by atoms with van der Waals surface area (Å²) in [6, 6.07) is 2.33. The van der Waals surface area contributed by atoms with E-state index in [1.807, 2.05) is 13.8 Å². The van der Waals surface area contributed by atoms with E-state index in [0.29, 0.717) is 11.4 Å². The highest BCUT2D eigenvalue weighted by Crippen LogP contribution is 2.26. The van der Waals surface area contributed by atoms with Crippen LogP contribution in [0.3, 0.4) is 0 Å². The van der Waals surface area contributed by atoms with Gasteiger partial charge in [-0.25, -0.2) is 0 Å². The number of hydrogen-bond acceptors (Lipinski definition) is 5. The minimum absolute atomic E-state index is 0.0634. The monoisotopic (exact) mass is 232 g/mol. The molecule has 1 heterocycles. The van der Waals surface area contributed by atoms with Crippen molar-refractivity contribution in [2.45, 2.75) is 45.3 Å². The minimum atomic E-state index is 0.0634. The molecule has 90 valence electrons. The van der Waals surface area contributed by atoms with Crippen LogP contribution < -0.4 is 10.5 Å². The molecule has 1 aliphatic carbocycles. The molecule has 2 unspecified atom stereocenters. The van der Waals surface area contributed by atoms with Gasteiger partial charge in [0.1, 0.15) is 17.7 Å². The van der Waals surface area contributed by atoms with Crippen LogP contribution in [0, 0.1) is 25.2 Å². The number of aromatic nitrogens is 2. The molecule has 0 amide bonds. The summed E-state index contributed by atoms with van der Waals surface area (Å²) in [5, 5.41) is 17.1. The first kappa shape index (κ1) is 11.8. The molecule has 2 N–H and O–H groups in total. The quantitative estimate of drug-likeness (QED) is 0.828. The minimum Gasteiger partial charge on any atom is -0.472 e. The van der Waals surface area contributed by atoms with E-state index in [4.69, 9.17) is 15.7 Å². The Bertz CT molecular complexity index is 466. The van der Waals surface area contributed by atoms with Gasteiger partial charge in [0.25, 0.3) is 5.88 Å². The molecule has 0 spiro atoms. The van der Waals surface area contributed by atoms with Crippen molar-refractivity contribution >= 4 is 0 Å². The van der Waals surface area contributed by atoms with Gasteiger partial charge in [-0.3, -0.25) is 0 Å². The zero-order chi connectivity index (χ0) is 12.4. The Labute approximate surface area is 101 Å². The fourth-order valence-electron chi connectivity index (χ4n) is 2.04. The molecule has 2 rings (SSSR count). The van der Waals surface area contributed by atoms with Crippen LogP contribution in [-0.4, -0.2) is 22.3 Å². The van der Waals surface area contributed by atoms with Crippen LogP contribution in [0.2, 0.25) is 0 Å². The molecular formula is C12H16N4O. The molecule has 5 heteroatoms. The van der Waals surface area contributed by atoms with E-state index in [1.54, 1.807) is 0 Å². The second-order valence-corrected chi connectivity index (χ2v) is 4.52. The molecule has 0 saturated heterocycles. The normalized spacial score (nSPS) is 23.4. The number of nitriles is 1. The van der Waals surface area contributed by atoms with Gasteiger partial charge in [-0.1, -0.05) is 0 Å². The fraction of sp³-hybridized carbons (Fsp3) is 0.583. The van der Waals surface area contributed by atoms with E-state index in [1.165, 1.54) is 0 Å². The lowest BCUT2D eigenvalue weighted by molar-refractivity contribution is 0.196. The number of nitrogens with zero attached hydrogens (tertiary/aromatic N) is 3. The maximum Gasteiger partial charge on any atom is 0.252 e. The smallest absolute Gasteiger partial charge is 0.252 e. The van der Waals surface area contributed by atoms with E-state index in [9.17, 15) is 0 Å². The standard InChI is InChI=1S/C12H16N4O/c1-7-8(2)15-16-12(11(7)6-13)17-10-4-3-9(14)5-10/h9-10H,3-5,14H2,1-2H3. The molecule has 0 aliphatic heterocycles. The number of hydrogen-bond donors (Lipinski definition) is 1. The lowest BCUT2D eigenvalue weighted by Crippen LogP contribution is -2.20. The van der Waals surface area contributed by atoms with Crippen molar-refractivity contribution in [2.24, 2.45) is 5.73 Å². The number of ether oxygens (including phenoxy) is 1. The highest BCUT2D eigenvalue weighted by Gasteiger charge is 2.25. The van der Waals surface area contributed by atoms with Crippen molar-refractivity contribution < 1.29 is 4.74 Å². The molecule has 5 nitrogen and oxygen atoms in total. The molecule has 1 fully saturated rings. The van der Waals surface area contributed by atoms with Crippen molar-refractivity contribution in [3.63, 3.8) is 0 Å². The Morgan fingerprint density at radius 2 is 2.12 bits per heavy atom. The van der Waals surface area contributed by atoms with Crippen molar-refractivity contribution in [2.75, 3.05) is 0 Å². The van der Waals surface area contributed by atoms with Gasteiger partial charge in [0.05, 0.1) is 5.69 Å². The topological polar surface area (TPSA) is 84.8 Å². The Morgan fingerprint density at radius 3 is 2.71 bits per heavy atom. The van der Waals surface area contributed by atoms with Crippen LogP contribution >= 0.6 is 0 Å². The van der Waals surface area contributed by atoms with Gasteiger partial charge in [0, 0.05) is 6.04 Å². The number of aryl methyl sites for hydroxylation is 1. The molecule has 1 aliphatic rings. The third-order valence-electron chi connectivity index (χ3n) is 3.24. The van der Waals surface area contributed by atoms with Crippen molar-refractivity contribution in [1.82, 2.24) is 10.2 Å². The first-order chi connectivity index (χ1) is 8.11. The highest BCUT2D eigenvalue weighted by molar-refractivity contribution is 5.44. The third kappa shape index (κ3) is 2.37. The van der Waals surface area contributed by atoms with Crippen LogP contribution in [-0.2, 0) is 0 Å². The average molecular weight is 232 g/mol. The van der Waals surface area contributed by atoms with Crippen LogP contribution in [0.4, 0.5) is 0 Å². The summed E-state index contributed by atoms with van der Waals surface area (Å²) in [7, 11) is 0. The van der Waals surface area contributed by atoms with Crippen molar-refractivity contribution in [1.29, 1.82) is 5.26 Å². The zero-order valence-corrected chi connectivity index (χ0v) is 10.1. The molecule has 0 aromatic carbocycles. The summed E-state index contributed by atoms with van der Waals surface area (Å²) in [6.45, 7) is 3.69.